The van der Waals surface area contributed by atoms with Gasteiger partial charge in [0.25, 0.3) is 0 Å². The van der Waals surface area contributed by atoms with E-state index in [0.717, 1.165) is 83.5 Å². The van der Waals surface area contributed by atoms with E-state index < -0.39 is 6.10 Å². The Balaban J connectivity index is 4.25. The van der Waals surface area contributed by atoms with Crippen LogP contribution in [0.15, 0.2) is 24.3 Å². The molecule has 0 aromatic heterocycles. The van der Waals surface area contributed by atoms with Gasteiger partial charge < -0.3 is 14.2 Å². The minimum Gasteiger partial charge on any atom is -0.462 e. The standard InChI is InChI=1S/C45H82O6/c1-4-7-10-13-15-17-19-21-22-24-25-27-29-32-35-38-44(47)50-41-42(40-49-43(46)37-34-31-12-9-6-3)51-45(48)39-36-33-30-28-26-23-20-18-16-14-11-8-5-2/h15,17,21-22,42H,4-14,16,18-20,23-41H2,1-3H3/b17-15-,22-21-. The molecule has 0 amide bonds. The summed E-state index contributed by atoms with van der Waals surface area (Å²) in [6.07, 6.45) is 43.3. The third-order valence-electron chi connectivity index (χ3n) is 9.46. The van der Waals surface area contributed by atoms with Crippen molar-refractivity contribution in [3.8, 4) is 0 Å². The van der Waals surface area contributed by atoms with E-state index in [1.54, 1.807) is 0 Å². The Morgan fingerprint density at radius 1 is 0.392 bits per heavy atom. The fourth-order valence-electron chi connectivity index (χ4n) is 6.12. The topological polar surface area (TPSA) is 78.9 Å². The van der Waals surface area contributed by atoms with Gasteiger partial charge in [-0.25, -0.2) is 0 Å². The molecule has 0 heterocycles. The molecule has 51 heavy (non-hydrogen) atoms. The highest BCUT2D eigenvalue weighted by Crippen LogP contribution is 2.14. The Kier molecular flexibility index (Phi) is 39.0. The van der Waals surface area contributed by atoms with Gasteiger partial charge in [0.2, 0.25) is 0 Å². The lowest BCUT2D eigenvalue weighted by atomic mass is 10.0. The maximum absolute atomic E-state index is 12.6. The number of hydrogen-bond acceptors (Lipinski definition) is 6. The highest BCUT2D eigenvalue weighted by molar-refractivity contribution is 5.71. The lowest BCUT2D eigenvalue weighted by Gasteiger charge is -2.18. The molecule has 0 fully saturated rings. The SMILES string of the molecule is CCCCC/C=C\C/C=C\CCCCCCCC(=O)OCC(COC(=O)CCCCCCC)OC(=O)CCCCCCCCCCCCCCC. The van der Waals surface area contributed by atoms with Crippen LogP contribution in [0.5, 0.6) is 0 Å². The third kappa shape index (κ3) is 38.9. The van der Waals surface area contributed by atoms with Gasteiger partial charge in [0.1, 0.15) is 13.2 Å². The van der Waals surface area contributed by atoms with E-state index in [1.807, 2.05) is 0 Å². The van der Waals surface area contributed by atoms with Gasteiger partial charge >= 0.3 is 17.9 Å². The molecule has 1 unspecified atom stereocenters. The summed E-state index contributed by atoms with van der Waals surface area (Å²) in [5.41, 5.74) is 0. The summed E-state index contributed by atoms with van der Waals surface area (Å²) in [6.45, 7) is 6.51. The summed E-state index contributed by atoms with van der Waals surface area (Å²) in [7, 11) is 0. The summed E-state index contributed by atoms with van der Waals surface area (Å²) in [5, 5.41) is 0. The predicted molar refractivity (Wildman–Crippen MR) is 215 cm³/mol. The second-order valence-electron chi connectivity index (χ2n) is 14.6. The van der Waals surface area contributed by atoms with Crippen molar-refractivity contribution in [3.05, 3.63) is 24.3 Å². The molecule has 0 saturated heterocycles. The Labute approximate surface area is 315 Å². The fourth-order valence-corrected chi connectivity index (χ4v) is 6.12. The molecular formula is C45H82O6. The first-order valence-corrected chi connectivity index (χ1v) is 21.8. The number of unbranched alkanes of at least 4 members (excludes halogenated alkanes) is 24. The first-order chi connectivity index (χ1) is 25.0. The molecule has 0 aromatic rings. The zero-order chi connectivity index (χ0) is 37.3. The van der Waals surface area contributed by atoms with Crippen molar-refractivity contribution in [1.82, 2.24) is 0 Å². The predicted octanol–water partition coefficient (Wildman–Crippen LogP) is 13.6. The molecule has 0 bridgehead atoms. The molecule has 6 heteroatoms. The molecule has 0 aliphatic carbocycles. The molecule has 298 valence electrons. The van der Waals surface area contributed by atoms with Gasteiger partial charge in [-0.1, -0.05) is 180 Å². The number of allylic oxidation sites excluding steroid dienone is 4. The molecule has 0 aromatic carbocycles. The number of rotatable bonds is 39. The molecule has 0 N–H and O–H groups in total. The van der Waals surface area contributed by atoms with Gasteiger partial charge in [-0.15, -0.1) is 0 Å². The molecule has 0 saturated carbocycles. The van der Waals surface area contributed by atoms with Crippen LogP contribution < -0.4 is 0 Å². The van der Waals surface area contributed by atoms with Crippen LogP contribution in [-0.4, -0.2) is 37.2 Å². The highest BCUT2D eigenvalue weighted by Gasteiger charge is 2.19. The van der Waals surface area contributed by atoms with Crippen LogP contribution in [0.25, 0.3) is 0 Å². The quantitative estimate of drug-likeness (QED) is 0.0272. The Hall–Kier alpha value is -2.11. The smallest absolute Gasteiger partial charge is 0.306 e. The zero-order valence-electron chi connectivity index (χ0n) is 33.9. The van der Waals surface area contributed by atoms with Crippen LogP contribution in [0.4, 0.5) is 0 Å². The number of carbonyl (C=O) groups is 3. The lowest BCUT2D eigenvalue weighted by molar-refractivity contribution is -0.167. The molecule has 0 radical (unpaired) electrons. The lowest BCUT2D eigenvalue weighted by Crippen LogP contribution is -2.30. The largest absolute Gasteiger partial charge is 0.462 e. The van der Waals surface area contributed by atoms with Crippen LogP contribution in [0.3, 0.4) is 0 Å². The molecule has 6 nitrogen and oxygen atoms in total. The maximum Gasteiger partial charge on any atom is 0.306 e. The van der Waals surface area contributed by atoms with Crippen LogP contribution in [-0.2, 0) is 28.6 Å². The van der Waals surface area contributed by atoms with Gasteiger partial charge in [-0.2, -0.15) is 0 Å². The third-order valence-corrected chi connectivity index (χ3v) is 9.46. The van der Waals surface area contributed by atoms with Crippen molar-refractivity contribution in [1.29, 1.82) is 0 Å². The molecule has 0 aliphatic heterocycles. The van der Waals surface area contributed by atoms with Crippen molar-refractivity contribution in [3.63, 3.8) is 0 Å². The van der Waals surface area contributed by atoms with E-state index in [0.29, 0.717) is 19.3 Å². The summed E-state index contributed by atoms with van der Waals surface area (Å²) in [5.74, 6) is -0.899. The summed E-state index contributed by atoms with van der Waals surface area (Å²) in [6, 6.07) is 0. The molecular weight excluding hydrogens is 636 g/mol. The van der Waals surface area contributed by atoms with Crippen molar-refractivity contribution in [2.45, 2.75) is 232 Å². The monoisotopic (exact) mass is 719 g/mol. The van der Waals surface area contributed by atoms with Gasteiger partial charge in [0.15, 0.2) is 6.10 Å². The average Bonchev–Trinajstić information content (AvgIpc) is 3.12. The molecule has 1 atom stereocenters. The fraction of sp³-hybridized carbons (Fsp3) is 0.844. The van der Waals surface area contributed by atoms with Crippen molar-refractivity contribution >= 4 is 17.9 Å². The van der Waals surface area contributed by atoms with E-state index >= 15 is 0 Å². The summed E-state index contributed by atoms with van der Waals surface area (Å²) < 4.78 is 16.6. The molecule has 0 spiro atoms. The second kappa shape index (κ2) is 40.7. The van der Waals surface area contributed by atoms with E-state index in [2.05, 4.69) is 45.1 Å². The van der Waals surface area contributed by atoms with Crippen LogP contribution in [0.1, 0.15) is 226 Å². The Morgan fingerprint density at radius 2 is 0.706 bits per heavy atom. The van der Waals surface area contributed by atoms with Gasteiger partial charge in [0, 0.05) is 19.3 Å². The van der Waals surface area contributed by atoms with Gasteiger partial charge in [0.05, 0.1) is 0 Å². The second-order valence-corrected chi connectivity index (χ2v) is 14.6. The van der Waals surface area contributed by atoms with E-state index in [1.165, 1.54) is 103 Å². The van der Waals surface area contributed by atoms with Crippen molar-refractivity contribution in [2.75, 3.05) is 13.2 Å². The van der Waals surface area contributed by atoms with Crippen LogP contribution >= 0.6 is 0 Å². The molecule has 0 rings (SSSR count). The number of hydrogen-bond donors (Lipinski definition) is 0. The first-order valence-electron chi connectivity index (χ1n) is 21.8. The molecule has 0 aliphatic rings. The van der Waals surface area contributed by atoms with Gasteiger partial charge in [-0.05, 0) is 51.4 Å². The van der Waals surface area contributed by atoms with Gasteiger partial charge in [-0.3, -0.25) is 14.4 Å². The Morgan fingerprint density at radius 3 is 1.12 bits per heavy atom. The van der Waals surface area contributed by atoms with Crippen molar-refractivity contribution < 1.29 is 28.6 Å². The average molecular weight is 719 g/mol. The number of esters is 3. The van der Waals surface area contributed by atoms with Crippen LogP contribution in [0.2, 0.25) is 0 Å². The van der Waals surface area contributed by atoms with E-state index in [4.69, 9.17) is 14.2 Å². The zero-order valence-corrected chi connectivity index (χ0v) is 33.9. The van der Waals surface area contributed by atoms with E-state index in [9.17, 15) is 14.4 Å². The summed E-state index contributed by atoms with van der Waals surface area (Å²) >= 11 is 0. The minimum atomic E-state index is -0.767. The van der Waals surface area contributed by atoms with Crippen LogP contribution in [0, 0.1) is 0 Å². The highest BCUT2D eigenvalue weighted by atomic mass is 16.6. The Bertz CT molecular complexity index is 835. The minimum absolute atomic E-state index is 0.0743. The number of carbonyl (C=O) groups excluding carboxylic acids is 3. The van der Waals surface area contributed by atoms with E-state index in [-0.39, 0.29) is 31.1 Å². The summed E-state index contributed by atoms with van der Waals surface area (Å²) in [4.78, 5) is 37.4. The first kappa shape index (κ1) is 48.9. The maximum atomic E-state index is 12.6. The van der Waals surface area contributed by atoms with Crippen molar-refractivity contribution in [2.24, 2.45) is 0 Å². The number of ether oxygens (including phenoxy) is 3. The normalized spacial score (nSPS) is 12.1.